The molecule has 0 heterocycles. The smallest absolute Gasteiger partial charge is 0.237 e. The summed E-state index contributed by atoms with van der Waals surface area (Å²) in [7, 11) is 0. The molecule has 13 heavy (non-hydrogen) atoms. The molecule has 0 unspecified atom stereocenters. The van der Waals surface area contributed by atoms with Crippen molar-refractivity contribution in [2.45, 2.75) is 33.2 Å². The van der Waals surface area contributed by atoms with Crippen molar-refractivity contribution in [2.24, 2.45) is 11.7 Å². The fourth-order valence-electron chi connectivity index (χ4n) is 0.866. The van der Waals surface area contributed by atoms with Crippen LogP contribution in [0.5, 0.6) is 0 Å². The van der Waals surface area contributed by atoms with Crippen LogP contribution in [-0.2, 0) is 4.79 Å². The summed E-state index contributed by atoms with van der Waals surface area (Å²) in [5.74, 6) is 0.140. The summed E-state index contributed by atoms with van der Waals surface area (Å²) in [6.07, 6.45) is 4.85. The molecule has 0 bridgehead atoms. The van der Waals surface area contributed by atoms with E-state index in [-0.39, 0.29) is 17.9 Å². The van der Waals surface area contributed by atoms with Crippen LogP contribution in [0.3, 0.4) is 0 Å². The molecule has 3 nitrogen and oxygen atoms in total. The summed E-state index contributed by atoms with van der Waals surface area (Å²) < 4.78 is 0. The summed E-state index contributed by atoms with van der Waals surface area (Å²) in [6.45, 7) is 6.51. The summed E-state index contributed by atoms with van der Waals surface area (Å²) >= 11 is 0. The first-order chi connectivity index (χ1) is 6.09. The highest BCUT2D eigenvalue weighted by Crippen LogP contribution is 1.97. The molecule has 0 aliphatic carbocycles. The normalized spacial score (nSPS) is 13.6. The molecule has 0 aliphatic heterocycles. The number of nitrogens with two attached hydrogens (primary N) is 1. The lowest BCUT2D eigenvalue weighted by atomic mass is 10.1. The van der Waals surface area contributed by atoms with Crippen LogP contribution in [0.4, 0.5) is 0 Å². The zero-order valence-corrected chi connectivity index (χ0v) is 8.71. The van der Waals surface area contributed by atoms with Gasteiger partial charge in [0.2, 0.25) is 5.91 Å². The number of rotatable bonds is 5. The molecule has 0 aromatic heterocycles. The van der Waals surface area contributed by atoms with Gasteiger partial charge in [0.15, 0.2) is 0 Å². The Morgan fingerprint density at radius 1 is 1.54 bits per heavy atom. The maximum atomic E-state index is 11.3. The number of hydrogen-bond donors (Lipinski definition) is 2. The second-order valence-corrected chi connectivity index (χ2v) is 3.42. The molecule has 3 heteroatoms. The number of hydrogen-bond acceptors (Lipinski definition) is 2. The van der Waals surface area contributed by atoms with Crippen molar-refractivity contribution in [3.8, 4) is 0 Å². The van der Waals surface area contributed by atoms with Gasteiger partial charge in [0.05, 0.1) is 6.04 Å². The van der Waals surface area contributed by atoms with Gasteiger partial charge in [0.1, 0.15) is 0 Å². The van der Waals surface area contributed by atoms with E-state index in [2.05, 4.69) is 5.32 Å². The topological polar surface area (TPSA) is 55.1 Å². The molecule has 1 atom stereocenters. The lowest BCUT2D eigenvalue weighted by Gasteiger charge is -2.14. The minimum Gasteiger partial charge on any atom is -0.354 e. The third-order valence-corrected chi connectivity index (χ3v) is 1.87. The van der Waals surface area contributed by atoms with Crippen LogP contribution < -0.4 is 11.1 Å². The minimum atomic E-state index is -0.384. The molecule has 0 rings (SSSR count). The predicted molar refractivity (Wildman–Crippen MR) is 55.3 cm³/mol. The SMILES string of the molecule is C/C=C/CCNC(=O)[C@H](N)C(C)C. The molecule has 1 amide bonds. The highest BCUT2D eigenvalue weighted by Gasteiger charge is 2.15. The molecule has 0 aromatic carbocycles. The lowest BCUT2D eigenvalue weighted by molar-refractivity contribution is -0.123. The molecule has 0 radical (unpaired) electrons. The van der Waals surface area contributed by atoms with E-state index in [0.717, 1.165) is 6.42 Å². The maximum absolute atomic E-state index is 11.3. The van der Waals surface area contributed by atoms with Crippen molar-refractivity contribution in [2.75, 3.05) is 6.54 Å². The van der Waals surface area contributed by atoms with Crippen LogP contribution in [0.1, 0.15) is 27.2 Å². The van der Waals surface area contributed by atoms with E-state index in [1.807, 2.05) is 32.9 Å². The Morgan fingerprint density at radius 3 is 2.62 bits per heavy atom. The van der Waals surface area contributed by atoms with Gasteiger partial charge >= 0.3 is 0 Å². The average molecular weight is 184 g/mol. The average Bonchev–Trinajstić information content (AvgIpc) is 2.10. The molecule has 3 N–H and O–H groups in total. The summed E-state index contributed by atoms with van der Waals surface area (Å²) in [6, 6.07) is -0.384. The maximum Gasteiger partial charge on any atom is 0.237 e. The molecule has 0 saturated heterocycles. The van der Waals surface area contributed by atoms with E-state index in [1.54, 1.807) is 0 Å². The molecule has 0 aliphatic rings. The first-order valence-corrected chi connectivity index (χ1v) is 4.74. The van der Waals surface area contributed by atoms with E-state index < -0.39 is 0 Å². The molecule has 0 aromatic rings. The fourth-order valence-corrected chi connectivity index (χ4v) is 0.866. The van der Waals surface area contributed by atoms with Gasteiger partial charge in [-0.15, -0.1) is 0 Å². The molecular formula is C10H20N2O. The predicted octanol–water partition coefficient (Wildman–Crippen LogP) is 1.05. The van der Waals surface area contributed by atoms with Crippen LogP contribution in [0.15, 0.2) is 12.2 Å². The Balaban J connectivity index is 3.62. The van der Waals surface area contributed by atoms with Crippen LogP contribution >= 0.6 is 0 Å². The van der Waals surface area contributed by atoms with Crippen molar-refractivity contribution < 1.29 is 4.79 Å². The van der Waals surface area contributed by atoms with Gasteiger partial charge in [-0.05, 0) is 19.3 Å². The van der Waals surface area contributed by atoms with Gasteiger partial charge in [-0.1, -0.05) is 26.0 Å². The Morgan fingerprint density at radius 2 is 2.15 bits per heavy atom. The Bertz CT molecular complexity index is 176. The van der Waals surface area contributed by atoms with Crippen molar-refractivity contribution in [3.05, 3.63) is 12.2 Å². The van der Waals surface area contributed by atoms with Crippen molar-refractivity contribution in [3.63, 3.8) is 0 Å². The number of carbonyl (C=O) groups excluding carboxylic acids is 1. The first-order valence-electron chi connectivity index (χ1n) is 4.74. The number of amides is 1. The Kier molecular flexibility index (Phi) is 6.24. The second-order valence-electron chi connectivity index (χ2n) is 3.42. The van der Waals surface area contributed by atoms with E-state index in [9.17, 15) is 4.79 Å². The Hall–Kier alpha value is -0.830. The van der Waals surface area contributed by atoms with Crippen LogP contribution in [0.2, 0.25) is 0 Å². The quantitative estimate of drug-likeness (QED) is 0.495. The van der Waals surface area contributed by atoms with Crippen molar-refractivity contribution in [1.29, 1.82) is 0 Å². The van der Waals surface area contributed by atoms with Gasteiger partial charge in [0.25, 0.3) is 0 Å². The third-order valence-electron chi connectivity index (χ3n) is 1.87. The van der Waals surface area contributed by atoms with Gasteiger partial charge in [-0.3, -0.25) is 4.79 Å². The number of nitrogens with one attached hydrogen (secondary N) is 1. The van der Waals surface area contributed by atoms with Crippen LogP contribution in [0, 0.1) is 5.92 Å². The standard InChI is InChI=1S/C10H20N2O/c1-4-5-6-7-12-10(13)9(11)8(2)3/h4-5,8-9H,6-7,11H2,1-3H3,(H,12,13)/b5-4+/t9-/m1/s1. The summed E-state index contributed by atoms with van der Waals surface area (Å²) in [4.78, 5) is 11.3. The number of allylic oxidation sites excluding steroid dienone is 1. The van der Waals surface area contributed by atoms with Gasteiger partial charge in [-0.25, -0.2) is 0 Å². The second kappa shape index (κ2) is 6.66. The van der Waals surface area contributed by atoms with Gasteiger partial charge in [-0.2, -0.15) is 0 Å². The van der Waals surface area contributed by atoms with E-state index in [1.165, 1.54) is 0 Å². The molecule has 0 saturated carbocycles. The molecule has 0 spiro atoms. The zero-order chi connectivity index (χ0) is 10.3. The summed E-state index contributed by atoms with van der Waals surface area (Å²) in [5.41, 5.74) is 5.64. The van der Waals surface area contributed by atoms with Crippen molar-refractivity contribution >= 4 is 5.91 Å². The van der Waals surface area contributed by atoms with Gasteiger partial charge in [0, 0.05) is 6.54 Å². The zero-order valence-electron chi connectivity index (χ0n) is 8.71. The molecule has 0 fully saturated rings. The highest BCUT2D eigenvalue weighted by atomic mass is 16.2. The largest absolute Gasteiger partial charge is 0.354 e. The molecular weight excluding hydrogens is 164 g/mol. The van der Waals surface area contributed by atoms with E-state index >= 15 is 0 Å². The minimum absolute atomic E-state index is 0.0560. The monoisotopic (exact) mass is 184 g/mol. The van der Waals surface area contributed by atoms with Crippen LogP contribution in [0.25, 0.3) is 0 Å². The van der Waals surface area contributed by atoms with Crippen LogP contribution in [-0.4, -0.2) is 18.5 Å². The fraction of sp³-hybridized carbons (Fsp3) is 0.700. The third kappa shape index (κ3) is 5.42. The number of carbonyl (C=O) groups is 1. The Labute approximate surface area is 80.4 Å². The van der Waals surface area contributed by atoms with Gasteiger partial charge < -0.3 is 11.1 Å². The van der Waals surface area contributed by atoms with E-state index in [4.69, 9.17) is 5.73 Å². The first kappa shape index (κ1) is 12.2. The van der Waals surface area contributed by atoms with E-state index in [0.29, 0.717) is 6.54 Å². The van der Waals surface area contributed by atoms with Crippen molar-refractivity contribution in [1.82, 2.24) is 5.32 Å². The molecule has 76 valence electrons. The lowest BCUT2D eigenvalue weighted by Crippen LogP contribution is -2.44. The summed E-state index contributed by atoms with van der Waals surface area (Å²) in [5, 5.41) is 2.78. The highest BCUT2D eigenvalue weighted by molar-refractivity contribution is 5.81.